The number of para-hydroxylation sites is 1. The summed E-state index contributed by atoms with van der Waals surface area (Å²) in [5.74, 6) is -0.602. The largest absolute Gasteiger partial charge is 0.524 e. The number of thiophene rings is 1. The first kappa shape index (κ1) is 47.7. The first-order chi connectivity index (χ1) is 32.1. The van der Waals surface area contributed by atoms with Crippen LogP contribution in [0.15, 0.2) is 91.4 Å². The number of halogens is 3. The van der Waals surface area contributed by atoms with Gasteiger partial charge in [-0.1, -0.05) is 53.5 Å². The molecule has 1 fully saturated rings. The highest BCUT2D eigenvalue weighted by molar-refractivity contribution is 7.46. The number of hydrogen-bond donors (Lipinski definition) is 3. The van der Waals surface area contributed by atoms with Gasteiger partial charge in [-0.3, -0.25) is 14.7 Å². The quantitative estimate of drug-likeness (QED) is 0.0732. The standard InChI is InChI=1S/C47H44Cl2FN6O9PS/c1-27-37(28(2)41(49)42(40(27)48)62-23-22-56-20-18-55(3)19-21-56)38-39-45(52-26-53-46(39)67-43(38)29-8-12-32(50)13-9-29)64-36(47(57)58)24-31-6-4-5-7-35(31)63-25-33-16-17-51-44(54-33)30-10-14-34(15-11-30)65-66(59,60)61/h4-17,26,36H,18-25H2,1-3H3,(H,57,58)(H2,59,60,61). The highest BCUT2D eigenvalue weighted by Gasteiger charge is 2.30. The van der Waals surface area contributed by atoms with Gasteiger partial charge in [-0.15, -0.1) is 11.3 Å². The third-order valence-electron chi connectivity index (χ3n) is 11.2. The van der Waals surface area contributed by atoms with E-state index in [9.17, 15) is 18.9 Å². The molecule has 348 valence electrons. The van der Waals surface area contributed by atoms with Crippen molar-refractivity contribution in [1.82, 2.24) is 29.7 Å². The molecule has 4 heterocycles. The number of fused-ring (bicyclic) bond motifs is 1. The lowest BCUT2D eigenvalue weighted by atomic mass is 9.92. The number of ether oxygens (including phenoxy) is 3. The first-order valence-electron chi connectivity index (χ1n) is 21.0. The van der Waals surface area contributed by atoms with Gasteiger partial charge in [0.05, 0.1) is 21.1 Å². The monoisotopic (exact) mass is 988 g/mol. The van der Waals surface area contributed by atoms with Crippen LogP contribution in [0, 0.1) is 19.7 Å². The second-order valence-electron chi connectivity index (χ2n) is 15.8. The van der Waals surface area contributed by atoms with Gasteiger partial charge >= 0.3 is 13.8 Å². The average Bonchev–Trinajstić information content (AvgIpc) is 3.69. The number of nitrogens with zero attached hydrogens (tertiary/aromatic N) is 6. The molecule has 4 aromatic carbocycles. The molecule has 7 aromatic rings. The zero-order valence-electron chi connectivity index (χ0n) is 36.4. The zero-order chi connectivity index (χ0) is 47.4. The van der Waals surface area contributed by atoms with E-state index in [2.05, 4.69) is 41.3 Å². The van der Waals surface area contributed by atoms with Crippen LogP contribution in [-0.2, 0) is 22.4 Å². The smallest absolute Gasteiger partial charge is 0.489 e. The van der Waals surface area contributed by atoms with E-state index in [1.165, 1.54) is 41.9 Å². The van der Waals surface area contributed by atoms with Crippen molar-refractivity contribution in [2.45, 2.75) is 33.0 Å². The molecule has 1 unspecified atom stereocenters. The topological polar surface area (TPSA) is 190 Å². The maximum absolute atomic E-state index is 14.3. The van der Waals surface area contributed by atoms with Gasteiger partial charge in [-0.2, -0.15) is 0 Å². The third kappa shape index (κ3) is 11.2. The molecule has 0 radical (unpaired) electrons. The summed E-state index contributed by atoms with van der Waals surface area (Å²) in [6.07, 6.45) is 1.26. The molecule has 3 aromatic heterocycles. The lowest BCUT2D eigenvalue weighted by molar-refractivity contribution is -0.145. The maximum Gasteiger partial charge on any atom is 0.524 e. The number of likely N-dealkylation sites (N-methyl/N-ethyl adjacent to an activating group) is 1. The van der Waals surface area contributed by atoms with Crippen molar-refractivity contribution in [3.63, 3.8) is 0 Å². The number of phosphoric ester groups is 1. The number of carboxylic acid groups (broad SMARTS) is 1. The zero-order valence-corrected chi connectivity index (χ0v) is 39.6. The van der Waals surface area contributed by atoms with Crippen molar-refractivity contribution in [3.05, 3.63) is 130 Å². The molecule has 0 amide bonds. The maximum atomic E-state index is 14.3. The van der Waals surface area contributed by atoms with E-state index in [-0.39, 0.29) is 24.7 Å². The number of carboxylic acids is 1. The Kier molecular flexibility index (Phi) is 14.7. The minimum atomic E-state index is -4.72. The van der Waals surface area contributed by atoms with Crippen LogP contribution in [0.2, 0.25) is 10.0 Å². The summed E-state index contributed by atoms with van der Waals surface area (Å²) in [6.45, 7) is 8.60. The summed E-state index contributed by atoms with van der Waals surface area (Å²) in [6, 6.07) is 20.6. The predicted molar refractivity (Wildman–Crippen MR) is 254 cm³/mol. The second kappa shape index (κ2) is 20.6. The number of hydrogen-bond acceptors (Lipinski definition) is 13. The van der Waals surface area contributed by atoms with Crippen molar-refractivity contribution in [1.29, 1.82) is 0 Å². The molecule has 1 saturated heterocycles. The van der Waals surface area contributed by atoms with E-state index >= 15 is 0 Å². The van der Waals surface area contributed by atoms with Crippen LogP contribution in [-0.4, -0.2) is 103 Å². The average molecular weight is 990 g/mol. The fourth-order valence-electron chi connectivity index (χ4n) is 7.72. The van der Waals surface area contributed by atoms with E-state index in [1.807, 2.05) is 13.8 Å². The molecule has 0 saturated carbocycles. The summed E-state index contributed by atoms with van der Waals surface area (Å²) < 4.78 is 49.1. The molecular formula is C47H44Cl2FN6O9PS. The number of rotatable bonds is 17. The van der Waals surface area contributed by atoms with Gasteiger partial charge in [0.25, 0.3) is 0 Å². The molecular weight excluding hydrogens is 945 g/mol. The van der Waals surface area contributed by atoms with Gasteiger partial charge in [-0.05, 0) is 97.2 Å². The minimum Gasteiger partial charge on any atom is -0.489 e. The van der Waals surface area contributed by atoms with E-state index in [0.717, 1.165) is 26.2 Å². The van der Waals surface area contributed by atoms with Gasteiger partial charge < -0.3 is 28.7 Å². The number of aromatic nitrogens is 4. The van der Waals surface area contributed by atoms with Gasteiger partial charge in [0.15, 0.2) is 11.6 Å². The number of aliphatic carboxylic acids is 1. The van der Waals surface area contributed by atoms with Crippen LogP contribution >= 0.6 is 42.4 Å². The summed E-state index contributed by atoms with van der Waals surface area (Å²) in [4.78, 5) is 55.1. The van der Waals surface area contributed by atoms with Gasteiger partial charge in [0, 0.05) is 61.3 Å². The van der Waals surface area contributed by atoms with E-state index in [1.54, 1.807) is 60.8 Å². The van der Waals surface area contributed by atoms with Crippen molar-refractivity contribution in [3.8, 4) is 56.1 Å². The summed E-state index contributed by atoms with van der Waals surface area (Å²) in [7, 11) is -2.62. The van der Waals surface area contributed by atoms with E-state index < -0.39 is 25.7 Å². The third-order valence-corrected chi connectivity index (χ3v) is 13.7. The molecule has 0 aliphatic carbocycles. The Morgan fingerprint density at radius 3 is 2.25 bits per heavy atom. The molecule has 3 N–H and O–H groups in total. The van der Waals surface area contributed by atoms with Crippen LogP contribution < -0.4 is 18.7 Å². The van der Waals surface area contributed by atoms with Crippen LogP contribution in [0.25, 0.3) is 43.2 Å². The molecule has 0 bridgehead atoms. The Hall–Kier alpha value is -5.75. The minimum absolute atomic E-state index is 0.00352. The van der Waals surface area contributed by atoms with E-state index in [0.29, 0.717) is 100 Å². The second-order valence-corrected chi connectivity index (χ2v) is 18.7. The lowest BCUT2D eigenvalue weighted by Gasteiger charge is -2.32. The highest BCUT2D eigenvalue weighted by atomic mass is 35.5. The van der Waals surface area contributed by atoms with Crippen molar-refractivity contribution < 1.29 is 47.4 Å². The number of phosphoric acid groups is 1. The Bertz CT molecular complexity index is 2940. The van der Waals surface area contributed by atoms with Crippen molar-refractivity contribution in [2.75, 3.05) is 46.4 Å². The van der Waals surface area contributed by atoms with Crippen LogP contribution in [0.4, 0.5) is 4.39 Å². The summed E-state index contributed by atoms with van der Waals surface area (Å²) in [5, 5.41) is 11.7. The predicted octanol–water partition coefficient (Wildman–Crippen LogP) is 9.30. The van der Waals surface area contributed by atoms with E-state index in [4.69, 9.17) is 47.2 Å². The Morgan fingerprint density at radius 1 is 0.881 bits per heavy atom. The molecule has 20 heteroatoms. The molecule has 8 rings (SSSR count). The normalized spacial score (nSPS) is 14.0. The van der Waals surface area contributed by atoms with Gasteiger partial charge in [-0.25, -0.2) is 33.7 Å². The number of piperazine rings is 1. The molecule has 1 aliphatic rings. The van der Waals surface area contributed by atoms with Crippen LogP contribution in [0.5, 0.6) is 23.1 Å². The van der Waals surface area contributed by atoms with Crippen molar-refractivity contribution >= 4 is 58.5 Å². The molecule has 0 spiro atoms. The lowest BCUT2D eigenvalue weighted by Crippen LogP contribution is -2.45. The number of benzene rings is 4. The first-order valence-corrected chi connectivity index (χ1v) is 24.1. The Balaban J connectivity index is 1.09. The Morgan fingerprint density at radius 2 is 1.57 bits per heavy atom. The SMILES string of the molecule is Cc1c(Cl)c(OCCN2CCN(C)CC2)c(Cl)c(C)c1-c1c(-c2ccc(F)cc2)sc2ncnc(OC(Cc3ccccc3OCc3ccnc(-c4ccc(OP(=O)(O)O)cc4)n3)C(=O)O)c12. The molecule has 15 nitrogen and oxygen atoms in total. The van der Waals surface area contributed by atoms with Crippen LogP contribution in [0.3, 0.4) is 0 Å². The molecule has 67 heavy (non-hydrogen) atoms. The highest BCUT2D eigenvalue weighted by Crippen LogP contribution is 2.53. The fourth-order valence-corrected chi connectivity index (χ4v) is 9.80. The van der Waals surface area contributed by atoms with Gasteiger partial charge in [0.2, 0.25) is 12.0 Å². The van der Waals surface area contributed by atoms with Gasteiger partial charge in [0.1, 0.15) is 41.7 Å². The fraction of sp³-hybridized carbons (Fsp3) is 0.255. The summed E-state index contributed by atoms with van der Waals surface area (Å²) >= 11 is 15.6. The van der Waals surface area contributed by atoms with Crippen molar-refractivity contribution in [2.24, 2.45) is 0 Å². The number of carbonyl (C=O) groups is 1. The summed E-state index contributed by atoms with van der Waals surface area (Å²) in [5.41, 5.74) is 4.81. The van der Waals surface area contributed by atoms with Crippen LogP contribution in [0.1, 0.15) is 22.4 Å². The molecule has 1 aliphatic heterocycles. The Labute approximate surface area is 398 Å². The molecule has 1 atom stereocenters.